The Hall–Kier alpha value is -0.0300. The van der Waals surface area contributed by atoms with Crippen molar-refractivity contribution in [1.29, 1.82) is 0 Å². The monoisotopic (exact) mass is 462 g/mol. The predicted octanol–water partition coefficient (Wildman–Crippen LogP) is 1.87. The maximum absolute atomic E-state index is 12.0. The minimum absolute atomic E-state index is 0. The molecule has 29 heavy (non-hydrogen) atoms. The van der Waals surface area contributed by atoms with E-state index in [0.717, 1.165) is 12.8 Å². The largest absolute Gasteiger partial charge is 1.00 e. The fraction of sp³-hybridized carbons (Fsp3) is 0.684. The van der Waals surface area contributed by atoms with E-state index in [1.165, 1.54) is 44.9 Å². The van der Waals surface area contributed by atoms with E-state index in [9.17, 15) is 25.3 Å². The zero-order chi connectivity index (χ0) is 21.3. The van der Waals surface area contributed by atoms with Crippen LogP contribution in [0.3, 0.4) is 0 Å². The number of halogens is 1. The summed E-state index contributed by atoms with van der Waals surface area (Å²) in [6.45, 7) is 2.24. The van der Waals surface area contributed by atoms with Crippen LogP contribution in [0.4, 0.5) is 3.89 Å². The Kier molecular flexibility index (Phi) is 20.1. The molecule has 1 aromatic carbocycles. The second-order valence-corrected chi connectivity index (χ2v) is 9.00. The van der Waals surface area contributed by atoms with Crippen LogP contribution in [0.2, 0.25) is 0 Å². The van der Waals surface area contributed by atoms with Gasteiger partial charge in [0.25, 0.3) is 0 Å². The minimum Gasteiger partial charge on any atom is -0.726 e. The summed E-state index contributed by atoms with van der Waals surface area (Å²) < 4.78 is 66.8. The summed E-state index contributed by atoms with van der Waals surface area (Å²) in [5.74, 6) is -0.534. The molecule has 0 aliphatic rings. The van der Waals surface area contributed by atoms with Crippen LogP contribution >= 0.6 is 0 Å². The molecule has 0 N–H and O–H groups in total. The van der Waals surface area contributed by atoms with Crippen molar-refractivity contribution in [3.8, 4) is 0 Å². The third kappa shape index (κ3) is 25.9. The van der Waals surface area contributed by atoms with Gasteiger partial charge in [-0.15, -0.1) is 3.89 Å². The van der Waals surface area contributed by atoms with Gasteiger partial charge >= 0.3 is 39.8 Å². The molecule has 0 saturated carbocycles. The Morgan fingerprint density at radius 1 is 0.828 bits per heavy atom. The zero-order valence-corrected chi connectivity index (χ0v) is 21.1. The maximum Gasteiger partial charge on any atom is 1.00 e. The van der Waals surface area contributed by atoms with Gasteiger partial charge in [0, 0.05) is 0 Å². The van der Waals surface area contributed by atoms with Gasteiger partial charge in [0.05, 0.1) is 6.61 Å². The molecule has 0 saturated heterocycles. The second kappa shape index (κ2) is 18.7. The van der Waals surface area contributed by atoms with Crippen molar-refractivity contribution in [3.63, 3.8) is 0 Å². The topological polar surface area (TPSA) is 101 Å². The fourth-order valence-electron chi connectivity index (χ4n) is 2.52. The SMILES string of the molecule is CCCCCCCCCCCCOS(=O)(=O)[O-].O=S(=O)(F)Cc1ccccc1.[Na+]. The molecule has 1 aromatic rings. The molecule has 0 radical (unpaired) electrons. The first kappa shape index (κ1) is 31.2. The Labute approximate surface area is 198 Å². The van der Waals surface area contributed by atoms with Crippen molar-refractivity contribution >= 4 is 20.6 Å². The fourth-order valence-corrected chi connectivity index (χ4v) is 3.44. The first-order valence-electron chi connectivity index (χ1n) is 9.70. The van der Waals surface area contributed by atoms with E-state index in [-0.39, 0.29) is 36.2 Å². The number of unbranched alkanes of at least 4 members (excludes halogenated alkanes) is 9. The van der Waals surface area contributed by atoms with Gasteiger partial charge < -0.3 is 4.55 Å². The van der Waals surface area contributed by atoms with E-state index in [2.05, 4.69) is 11.1 Å². The van der Waals surface area contributed by atoms with Gasteiger partial charge in [-0.2, -0.15) is 8.42 Å². The zero-order valence-electron chi connectivity index (χ0n) is 17.5. The Balaban J connectivity index is 0. The number of hydrogen-bond acceptors (Lipinski definition) is 6. The van der Waals surface area contributed by atoms with Crippen molar-refractivity contribution in [3.05, 3.63) is 35.9 Å². The second-order valence-electron chi connectivity index (χ2n) is 6.58. The molecule has 0 bridgehead atoms. The summed E-state index contributed by atoms with van der Waals surface area (Å²) >= 11 is 0. The summed E-state index contributed by atoms with van der Waals surface area (Å²) in [5.41, 5.74) is 0.468. The van der Waals surface area contributed by atoms with Crippen LogP contribution in [0.1, 0.15) is 76.7 Å². The van der Waals surface area contributed by atoms with Crippen molar-refractivity contribution in [2.75, 3.05) is 6.61 Å². The summed E-state index contributed by atoms with van der Waals surface area (Å²) in [6.07, 6.45) is 11.7. The van der Waals surface area contributed by atoms with Gasteiger partial charge in [0.15, 0.2) is 0 Å². The molecule has 10 heteroatoms. The molecule has 6 nitrogen and oxygen atoms in total. The molecular weight excluding hydrogens is 430 g/mol. The Morgan fingerprint density at radius 2 is 1.28 bits per heavy atom. The summed E-state index contributed by atoms with van der Waals surface area (Å²) in [5, 5.41) is 0. The smallest absolute Gasteiger partial charge is 0.726 e. The first-order chi connectivity index (χ1) is 13.1. The van der Waals surface area contributed by atoms with Crippen molar-refractivity contribution in [2.24, 2.45) is 0 Å². The Morgan fingerprint density at radius 3 is 1.69 bits per heavy atom. The molecule has 0 heterocycles. The third-order valence-corrected chi connectivity index (χ3v) is 5.04. The molecule has 1 rings (SSSR count). The van der Waals surface area contributed by atoms with Crippen LogP contribution in [-0.4, -0.2) is 28.0 Å². The molecule has 0 aliphatic carbocycles. The van der Waals surface area contributed by atoms with Crippen molar-refractivity contribution < 1.29 is 59.0 Å². The maximum atomic E-state index is 12.0. The van der Waals surface area contributed by atoms with E-state index in [0.29, 0.717) is 12.0 Å². The van der Waals surface area contributed by atoms with Gasteiger partial charge in [-0.05, 0) is 12.0 Å². The van der Waals surface area contributed by atoms with Crippen LogP contribution in [0.5, 0.6) is 0 Å². The van der Waals surface area contributed by atoms with Crippen LogP contribution in [0, 0.1) is 0 Å². The standard InChI is InChI=1S/C12H26O4S.C7H7FO2S.Na/c1-2-3-4-5-6-7-8-9-10-11-12-16-17(13,14)15;8-11(9,10)6-7-4-2-1-3-5-7;/h2-12H2,1H3,(H,13,14,15);1-5H,6H2;/q;;+1/p-1. The van der Waals surface area contributed by atoms with E-state index >= 15 is 0 Å². The van der Waals surface area contributed by atoms with E-state index in [1.807, 2.05) is 0 Å². The number of rotatable bonds is 14. The summed E-state index contributed by atoms with van der Waals surface area (Å²) in [6, 6.07) is 8.21. The van der Waals surface area contributed by atoms with Crippen LogP contribution < -0.4 is 29.6 Å². The molecule has 0 atom stereocenters. The molecule has 0 aromatic heterocycles. The van der Waals surface area contributed by atoms with Crippen LogP contribution in [0.15, 0.2) is 30.3 Å². The molecule has 0 fully saturated rings. The molecule has 164 valence electrons. The van der Waals surface area contributed by atoms with Crippen LogP contribution in [0.25, 0.3) is 0 Å². The van der Waals surface area contributed by atoms with Gasteiger partial charge in [-0.25, -0.2) is 8.42 Å². The van der Waals surface area contributed by atoms with Gasteiger partial charge in [-0.1, -0.05) is 95.0 Å². The van der Waals surface area contributed by atoms with E-state index in [1.54, 1.807) is 30.3 Å². The molecule has 0 unspecified atom stereocenters. The molecule has 0 spiro atoms. The average molecular weight is 463 g/mol. The molecule has 0 aliphatic heterocycles. The third-order valence-electron chi connectivity index (χ3n) is 3.91. The van der Waals surface area contributed by atoms with Gasteiger partial charge in [0.2, 0.25) is 10.4 Å². The quantitative estimate of drug-likeness (QED) is 0.138. The predicted molar refractivity (Wildman–Crippen MR) is 108 cm³/mol. The van der Waals surface area contributed by atoms with E-state index < -0.39 is 26.4 Å². The minimum atomic E-state index is -4.48. The van der Waals surface area contributed by atoms with Crippen molar-refractivity contribution in [1.82, 2.24) is 0 Å². The summed E-state index contributed by atoms with van der Waals surface area (Å²) in [7, 11) is -8.86. The summed E-state index contributed by atoms with van der Waals surface area (Å²) in [4.78, 5) is 0. The first-order valence-corrected chi connectivity index (χ1v) is 12.6. The van der Waals surface area contributed by atoms with Crippen LogP contribution in [-0.2, 0) is 30.6 Å². The average Bonchev–Trinajstić information content (AvgIpc) is 2.59. The number of benzene rings is 1. The number of hydrogen-bond donors (Lipinski definition) is 0. The van der Waals surface area contributed by atoms with Gasteiger partial charge in [0.1, 0.15) is 5.75 Å². The molecule has 0 amide bonds. The van der Waals surface area contributed by atoms with E-state index in [4.69, 9.17) is 0 Å². The Bertz CT molecular complexity index is 697. The molecular formula is C19H32FNaO6S2. The van der Waals surface area contributed by atoms with Gasteiger partial charge in [-0.3, -0.25) is 4.18 Å². The normalized spacial score (nSPS) is 11.3. The van der Waals surface area contributed by atoms with Crippen molar-refractivity contribution in [2.45, 2.75) is 76.9 Å².